The van der Waals surface area contributed by atoms with Crippen LogP contribution in [-0.4, -0.2) is 25.4 Å². The Labute approximate surface area is 107 Å². The lowest BCUT2D eigenvalue weighted by Gasteiger charge is -1.94. The second kappa shape index (κ2) is 5.62. The van der Waals surface area contributed by atoms with Crippen molar-refractivity contribution in [3.8, 4) is 0 Å². The molecule has 2 aromatic heterocycles. The van der Waals surface area contributed by atoms with E-state index in [1.54, 1.807) is 4.57 Å². The van der Waals surface area contributed by atoms with Crippen LogP contribution < -0.4 is 0 Å². The van der Waals surface area contributed by atoms with Crippen molar-refractivity contribution in [2.24, 2.45) is 14.1 Å². The van der Waals surface area contributed by atoms with Gasteiger partial charge in [0.2, 0.25) is 0 Å². The molecular formula is C13H20N4O. The van der Waals surface area contributed by atoms with Crippen LogP contribution in [0, 0.1) is 27.7 Å². The fraction of sp³-hybridized carbons (Fsp3) is 0.462. The Morgan fingerprint density at radius 2 is 1.67 bits per heavy atom. The van der Waals surface area contributed by atoms with Gasteiger partial charge >= 0.3 is 0 Å². The van der Waals surface area contributed by atoms with Gasteiger partial charge in [-0.05, 0) is 27.7 Å². The third-order valence-corrected chi connectivity index (χ3v) is 3.24. The molecule has 0 bridgehead atoms. The molecule has 2 heterocycles. The normalized spacial score (nSPS) is 9.89. The molecule has 0 aliphatic heterocycles. The molecule has 0 unspecified atom stereocenters. The number of carbonyl (C=O) groups excluding carboxylic acids is 1. The van der Waals surface area contributed by atoms with Crippen LogP contribution >= 0.6 is 0 Å². The molecule has 0 radical (unpaired) electrons. The van der Waals surface area contributed by atoms with Crippen molar-refractivity contribution in [1.29, 1.82) is 0 Å². The van der Waals surface area contributed by atoms with Crippen molar-refractivity contribution in [1.82, 2.24) is 19.1 Å². The molecule has 0 fully saturated rings. The zero-order valence-corrected chi connectivity index (χ0v) is 11.9. The van der Waals surface area contributed by atoms with Crippen molar-refractivity contribution < 1.29 is 4.79 Å². The first-order valence-electron chi connectivity index (χ1n) is 5.78. The lowest BCUT2D eigenvalue weighted by Crippen LogP contribution is -1.96. The lowest BCUT2D eigenvalue weighted by atomic mass is 10.4. The van der Waals surface area contributed by atoms with Gasteiger partial charge in [0.15, 0.2) is 12.1 Å². The first kappa shape index (κ1) is 14.2. The number of aryl methyl sites for hydroxylation is 3. The molecule has 0 N–H and O–H groups in total. The van der Waals surface area contributed by atoms with Crippen LogP contribution in [0.1, 0.15) is 33.4 Å². The summed E-state index contributed by atoms with van der Waals surface area (Å²) in [6.07, 6.45) is 2.59. The van der Waals surface area contributed by atoms with Crippen LogP contribution in [0.3, 0.4) is 0 Å². The fourth-order valence-corrected chi connectivity index (χ4v) is 1.46. The van der Waals surface area contributed by atoms with E-state index in [0.29, 0.717) is 5.82 Å². The van der Waals surface area contributed by atoms with Crippen LogP contribution in [0.25, 0.3) is 0 Å². The van der Waals surface area contributed by atoms with Crippen LogP contribution in [0.15, 0.2) is 6.33 Å². The highest BCUT2D eigenvalue weighted by molar-refractivity contribution is 5.69. The second-order valence-electron chi connectivity index (χ2n) is 4.34. The van der Waals surface area contributed by atoms with E-state index in [0.717, 1.165) is 23.4 Å². The van der Waals surface area contributed by atoms with Gasteiger partial charge in [-0.1, -0.05) is 0 Å². The summed E-state index contributed by atoms with van der Waals surface area (Å²) in [4.78, 5) is 18.4. The van der Waals surface area contributed by atoms with Crippen LogP contribution in [0.5, 0.6) is 0 Å². The summed E-state index contributed by atoms with van der Waals surface area (Å²) in [5.74, 6) is 0.495. The lowest BCUT2D eigenvalue weighted by molar-refractivity contribution is 0.111. The van der Waals surface area contributed by atoms with E-state index >= 15 is 0 Å². The molecule has 0 spiro atoms. The SMILES string of the molecule is Cc1nc(C=O)n(C)c1C.Cc1ncn(C)c1C. The van der Waals surface area contributed by atoms with Gasteiger partial charge in [0, 0.05) is 25.5 Å². The van der Waals surface area contributed by atoms with Gasteiger partial charge in [-0.25, -0.2) is 9.97 Å². The van der Waals surface area contributed by atoms with Crippen LogP contribution in [0.2, 0.25) is 0 Å². The van der Waals surface area contributed by atoms with Crippen molar-refractivity contribution in [2.75, 3.05) is 0 Å². The van der Waals surface area contributed by atoms with E-state index in [9.17, 15) is 4.79 Å². The van der Waals surface area contributed by atoms with E-state index in [2.05, 4.69) is 16.9 Å². The number of hydrogen-bond acceptors (Lipinski definition) is 3. The molecule has 0 saturated carbocycles. The Bertz CT molecular complexity index is 532. The highest BCUT2D eigenvalue weighted by Gasteiger charge is 2.04. The summed E-state index contributed by atoms with van der Waals surface area (Å²) in [5.41, 5.74) is 4.32. The summed E-state index contributed by atoms with van der Waals surface area (Å²) in [5, 5.41) is 0. The minimum atomic E-state index is 0.495. The summed E-state index contributed by atoms with van der Waals surface area (Å²) >= 11 is 0. The standard InChI is InChI=1S/C7H10N2O.C6H10N2/c1-5-6(2)9(3)7(4-10)8-5;1-5-6(2)8(3)4-7-5/h4H,1-3H3;4H,1-3H3. The Balaban J connectivity index is 0.000000184. The molecule has 5 nitrogen and oxygen atoms in total. The Hall–Kier alpha value is -1.91. The van der Waals surface area contributed by atoms with Gasteiger partial charge in [0.1, 0.15) is 0 Å². The third kappa shape index (κ3) is 2.85. The first-order valence-corrected chi connectivity index (χ1v) is 5.78. The predicted octanol–water partition coefficient (Wildman–Crippen LogP) is 1.89. The minimum Gasteiger partial charge on any atom is -0.338 e. The van der Waals surface area contributed by atoms with Gasteiger partial charge in [-0.2, -0.15) is 0 Å². The summed E-state index contributed by atoms with van der Waals surface area (Å²) in [7, 11) is 3.83. The number of rotatable bonds is 1. The fourth-order valence-electron chi connectivity index (χ4n) is 1.46. The average molecular weight is 248 g/mol. The second-order valence-corrected chi connectivity index (χ2v) is 4.34. The van der Waals surface area contributed by atoms with E-state index < -0.39 is 0 Å². The molecule has 0 saturated heterocycles. The highest BCUT2D eigenvalue weighted by Crippen LogP contribution is 2.04. The van der Waals surface area contributed by atoms with Crippen molar-refractivity contribution in [2.45, 2.75) is 27.7 Å². The molecule has 0 atom stereocenters. The summed E-state index contributed by atoms with van der Waals surface area (Å²) < 4.78 is 3.79. The summed E-state index contributed by atoms with van der Waals surface area (Å²) in [6.45, 7) is 7.90. The monoisotopic (exact) mass is 248 g/mol. The molecule has 5 heteroatoms. The van der Waals surface area contributed by atoms with E-state index in [4.69, 9.17) is 0 Å². The Morgan fingerprint density at radius 3 is 1.83 bits per heavy atom. The summed E-state index contributed by atoms with van der Waals surface area (Å²) in [6, 6.07) is 0. The van der Waals surface area contributed by atoms with Gasteiger partial charge < -0.3 is 9.13 Å². The zero-order valence-electron chi connectivity index (χ0n) is 11.9. The van der Waals surface area contributed by atoms with Gasteiger partial charge in [-0.15, -0.1) is 0 Å². The van der Waals surface area contributed by atoms with Crippen LogP contribution in [-0.2, 0) is 14.1 Å². The predicted molar refractivity (Wildman–Crippen MR) is 70.8 cm³/mol. The maximum Gasteiger partial charge on any atom is 0.185 e. The molecule has 0 aliphatic carbocycles. The van der Waals surface area contributed by atoms with E-state index in [-0.39, 0.29) is 0 Å². The smallest absolute Gasteiger partial charge is 0.185 e. The van der Waals surface area contributed by atoms with Crippen LogP contribution in [0.4, 0.5) is 0 Å². The Morgan fingerprint density at radius 1 is 1.06 bits per heavy atom. The largest absolute Gasteiger partial charge is 0.338 e. The number of imidazole rings is 2. The number of hydrogen-bond donors (Lipinski definition) is 0. The number of aromatic nitrogens is 4. The van der Waals surface area contributed by atoms with E-state index in [1.165, 1.54) is 5.69 Å². The molecule has 0 aromatic carbocycles. The molecule has 18 heavy (non-hydrogen) atoms. The number of aldehydes is 1. The van der Waals surface area contributed by atoms with E-state index in [1.807, 2.05) is 45.8 Å². The molecule has 2 aromatic rings. The van der Waals surface area contributed by atoms with Crippen molar-refractivity contribution >= 4 is 6.29 Å². The number of carbonyl (C=O) groups is 1. The maximum atomic E-state index is 10.3. The minimum absolute atomic E-state index is 0.495. The van der Waals surface area contributed by atoms with Gasteiger partial charge in [0.25, 0.3) is 0 Å². The molecule has 98 valence electrons. The topological polar surface area (TPSA) is 52.7 Å². The third-order valence-electron chi connectivity index (χ3n) is 3.24. The molecule has 0 amide bonds. The quantitative estimate of drug-likeness (QED) is 0.724. The first-order chi connectivity index (χ1) is 8.38. The van der Waals surface area contributed by atoms with Crippen molar-refractivity contribution in [3.05, 3.63) is 34.9 Å². The average Bonchev–Trinajstić information content (AvgIpc) is 2.78. The Kier molecular flexibility index (Phi) is 4.42. The molecule has 2 rings (SSSR count). The molecular weight excluding hydrogens is 228 g/mol. The van der Waals surface area contributed by atoms with Gasteiger partial charge in [0.05, 0.1) is 17.7 Å². The molecule has 0 aliphatic rings. The van der Waals surface area contributed by atoms with Crippen molar-refractivity contribution in [3.63, 3.8) is 0 Å². The zero-order chi connectivity index (χ0) is 13.9. The maximum absolute atomic E-state index is 10.3. The van der Waals surface area contributed by atoms with Gasteiger partial charge in [-0.3, -0.25) is 4.79 Å². The number of nitrogens with zero attached hydrogens (tertiary/aromatic N) is 4. The highest BCUT2D eigenvalue weighted by atomic mass is 16.1.